The molecule has 0 aromatic heterocycles. The van der Waals surface area contributed by atoms with Crippen LogP contribution in [0.4, 0.5) is 0 Å². The van der Waals surface area contributed by atoms with Crippen LogP contribution in [0.25, 0.3) is 0 Å². The molecule has 0 radical (unpaired) electrons. The van der Waals surface area contributed by atoms with E-state index in [2.05, 4.69) is 5.32 Å². The predicted octanol–water partition coefficient (Wildman–Crippen LogP) is 2.00. The fourth-order valence-corrected chi connectivity index (χ4v) is 1.24. The number of aliphatic carboxylic acids is 1. The van der Waals surface area contributed by atoms with Crippen molar-refractivity contribution in [2.24, 2.45) is 0 Å². The largest absolute Gasteiger partial charge is 0.481 e. The van der Waals surface area contributed by atoms with Gasteiger partial charge in [0.1, 0.15) is 0 Å². The zero-order chi connectivity index (χ0) is 13.2. The molecule has 4 heteroatoms. The molecule has 1 rings (SSSR count). The third kappa shape index (κ3) is 5.65. The highest BCUT2D eigenvalue weighted by atomic mass is 16.4. The van der Waals surface area contributed by atoms with E-state index in [1.54, 1.807) is 42.5 Å². The van der Waals surface area contributed by atoms with Gasteiger partial charge in [0.15, 0.2) is 0 Å². The fourth-order valence-electron chi connectivity index (χ4n) is 1.24. The Hall–Kier alpha value is -2.36. The molecule has 0 saturated heterocycles. The Balaban J connectivity index is 2.26. The van der Waals surface area contributed by atoms with Gasteiger partial charge in [-0.15, -0.1) is 0 Å². The molecule has 4 nitrogen and oxygen atoms in total. The van der Waals surface area contributed by atoms with Gasteiger partial charge in [-0.1, -0.05) is 42.5 Å². The van der Waals surface area contributed by atoms with Crippen LogP contribution in [0.15, 0.2) is 54.6 Å². The second-order valence-electron chi connectivity index (χ2n) is 3.53. The Morgan fingerprint density at radius 1 is 1.11 bits per heavy atom. The van der Waals surface area contributed by atoms with E-state index in [0.29, 0.717) is 12.1 Å². The molecule has 0 fully saturated rings. The van der Waals surface area contributed by atoms with Gasteiger partial charge >= 0.3 is 5.97 Å². The summed E-state index contributed by atoms with van der Waals surface area (Å²) in [6, 6.07) is 8.94. The van der Waals surface area contributed by atoms with Gasteiger partial charge in [0, 0.05) is 12.1 Å². The van der Waals surface area contributed by atoms with Crippen LogP contribution in [0.2, 0.25) is 0 Å². The molecular formula is C14H15NO3. The van der Waals surface area contributed by atoms with Crippen LogP contribution in [0.1, 0.15) is 16.8 Å². The lowest BCUT2D eigenvalue weighted by Crippen LogP contribution is -2.23. The van der Waals surface area contributed by atoms with E-state index in [9.17, 15) is 9.59 Å². The number of amides is 1. The van der Waals surface area contributed by atoms with Gasteiger partial charge in [-0.05, 0) is 12.1 Å². The summed E-state index contributed by atoms with van der Waals surface area (Å²) < 4.78 is 0. The topological polar surface area (TPSA) is 66.4 Å². The van der Waals surface area contributed by atoms with Crippen molar-refractivity contribution >= 4 is 11.9 Å². The lowest BCUT2D eigenvalue weighted by Gasteiger charge is -2.00. The van der Waals surface area contributed by atoms with Crippen LogP contribution in [0.3, 0.4) is 0 Å². The molecule has 0 saturated carbocycles. The van der Waals surface area contributed by atoms with Crippen LogP contribution in [-0.4, -0.2) is 23.5 Å². The molecule has 94 valence electrons. The summed E-state index contributed by atoms with van der Waals surface area (Å²) >= 11 is 0. The van der Waals surface area contributed by atoms with E-state index >= 15 is 0 Å². The summed E-state index contributed by atoms with van der Waals surface area (Å²) in [4.78, 5) is 21.8. The molecule has 2 N–H and O–H groups in total. The van der Waals surface area contributed by atoms with Crippen molar-refractivity contribution in [3.05, 3.63) is 60.2 Å². The molecule has 1 aromatic carbocycles. The maximum absolute atomic E-state index is 11.6. The monoisotopic (exact) mass is 245 g/mol. The van der Waals surface area contributed by atoms with E-state index in [4.69, 9.17) is 5.11 Å². The molecule has 0 aliphatic rings. The number of carboxylic acid groups (broad SMARTS) is 1. The zero-order valence-electron chi connectivity index (χ0n) is 9.87. The molecular weight excluding hydrogens is 230 g/mol. The highest BCUT2D eigenvalue weighted by molar-refractivity contribution is 5.94. The van der Waals surface area contributed by atoms with Crippen molar-refractivity contribution in [2.45, 2.75) is 6.42 Å². The van der Waals surface area contributed by atoms with Crippen LogP contribution < -0.4 is 5.32 Å². The number of nitrogens with one attached hydrogen (secondary N) is 1. The Kier molecular flexibility index (Phi) is 5.97. The zero-order valence-corrected chi connectivity index (χ0v) is 9.87. The first-order valence-corrected chi connectivity index (χ1v) is 5.57. The van der Waals surface area contributed by atoms with Gasteiger partial charge in [0.25, 0.3) is 5.91 Å². The van der Waals surface area contributed by atoms with Gasteiger partial charge in [0.2, 0.25) is 0 Å². The molecule has 0 heterocycles. The number of rotatable bonds is 6. The summed E-state index contributed by atoms with van der Waals surface area (Å²) in [5.41, 5.74) is 0.618. The Morgan fingerprint density at radius 2 is 1.78 bits per heavy atom. The number of benzene rings is 1. The van der Waals surface area contributed by atoms with Crippen LogP contribution >= 0.6 is 0 Å². The minimum atomic E-state index is -0.864. The van der Waals surface area contributed by atoms with Crippen molar-refractivity contribution in [1.82, 2.24) is 5.32 Å². The first-order valence-electron chi connectivity index (χ1n) is 5.57. The lowest BCUT2D eigenvalue weighted by atomic mass is 10.2. The van der Waals surface area contributed by atoms with Crippen LogP contribution in [0, 0.1) is 0 Å². The highest BCUT2D eigenvalue weighted by Crippen LogP contribution is 1.97. The number of allylic oxidation sites excluding steroid dienone is 2. The number of hydrogen-bond acceptors (Lipinski definition) is 2. The minimum Gasteiger partial charge on any atom is -0.481 e. The summed E-state index contributed by atoms with van der Waals surface area (Å²) in [6.07, 6.45) is 6.63. The first kappa shape index (κ1) is 13.7. The number of carbonyl (C=O) groups excluding carboxylic acids is 1. The van der Waals surface area contributed by atoms with Gasteiger partial charge < -0.3 is 10.4 Å². The van der Waals surface area contributed by atoms with Crippen LogP contribution in [-0.2, 0) is 4.79 Å². The molecule has 1 aromatic rings. The number of hydrogen-bond donors (Lipinski definition) is 2. The average Bonchev–Trinajstić information content (AvgIpc) is 2.38. The molecule has 18 heavy (non-hydrogen) atoms. The minimum absolute atomic E-state index is 0.000709. The van der Waals surface area contributed by atoms with E-state index in [1.165, 1.54) is 6.08 Å². The fraction of sp³-hybridized carbons (Fsp3) is 0.143. The Labute approximate surface area is 106 Å². The molecule has 1 amide bonds. The van der Waals surface area contributed by atoms with Crippen molar-refractivity contribution in [2.75, 3.05) is 6.54 Å². The number of carbonyl (C=O) groups is 2. The molecule has 0 atom stereocenters. The molecule has 0 bridgehead atoms. The molecule has 0 aliphatic heterocycles. The van der Waals surface area contributed by atoms with Crippen molar-refractivity contribution in [1.29, 1.82) is 0 Å². The highest BCUT2D eigenvalue weighted by Gasteiger charge is 2.00. The van der Waals surface area contributed by atoms with Gasteiger partial charge in [-0.25, -0.2) is 0 Å². The normalized spacial score (nSPS) is 10.9. The van der Waals surface area contributed by atoms with E-state index in [-0.39, 0.29) is 12.3 Å². The second-order valence-corrected chi connectivity index (χ2v) is 3.53. The summed E-state index contributed by atoms with van der Waals surface area (Å²) in [6.45, 7) is 0.408. The molecule has 0 spiro atoms. The smallest absolute Gasteiger partial charge is 0.307 e. The maximum Gasteiger partial charge on any atom is 0.307 e. The summed E-state index contributed by atoms with van der Waals surface area (Å²) in [5, 5.41) is 11.1. The van der Waals surface area contributed by atoms with Gasteiger partial charge in [-0.3, -0.25) is 9.59 Å². The van der Waals surface area contributed by atoms with Crippen molar-refractivity contribution in [3.63, 3.8) is 0 Å². The maximum atomic E-state index is 11.6. The van der Waals surface area contributed by atoms with E-state index < -0.39 is 5.97 Å². The predicted molar refractivity (Wildman–Crippen MR) is 69.3 cm³/mol. The lowest BCUT2D eigenvalue weighted by molar-refractivity contribution is -0.136. The standard InChI is InChI=1S/C14H15NO3/c16-13(17)10-6-1-2-7-11-15-14(18)12-8-4-3-5-9-12/h1-9H,10-11H2,(H,15,18)(H,16,17). The average molecular weight is 245 g/mol. The third-order valence-electron chi connectivity index (χ3n) is 2.09. The van der Waals surface area contributed by atoms with E-state index in [0.717, 1.165) is 0 Å². The Bertz CT molecular complexity index is 449. The quantitative estimate of drug-likeness (QED) is 0.753. The first-order chi connectivity index (χ1) is 8.70. The summed E-state index contributed by atoms with van der Waals surface area (Å²) in [7, 11) is 0. The molecule has 0 aliphatic carbocycles. The Morgan fingerprint density at radius 3 is 2.44 bits per heavy atom. The van der Waals surface area contributed by atoms with Gasteiger partial charge in [-0.2, -0.15) is 0 Å². The second kappa shape index (κ2) is 7.84. The van der Waals surface area contributed by atoms with E-state index in [1.807, 2.05) is 6.07 Å². The number of carboxylic acids is 1. The SMILES string of the molecule is O=C(O)CC=CC=CCNC(=O)c1ccccc1. The van der Waals surface area contributed by atoms with Crippen molar-refractivity contribution in [3.8, 4) is 0 Å². The van der Waals surface area contributed by atoms with Gasteiger partial charge in [0.05, 0.1) is 6.42 Å². The van der Waals surface area contributed by atoms with Crippen molar-refractivity contribution < 1.29 is 14.7 Å². The third-order valence-corrected chi connectivity index (χ3v) is 2.09. The summed E-state index contributed by atoms with van der Waals surface area (Å²) in [5.74, 6) is -0.994. The van der Waals surface area contributed by atoms with Crippen LogP contribution in [0.5, 0.6) is 0 Å². The molecule has 0 unspecified atom stereocenters.